The topological polar surface area (TPSA) is 83.9 Å². The highest BCUT2D eigenvalue weighted by Gasteiger charge is 2.14. The lowest BCUT2D eigenvalue weighted by Gasteiger charge is -2.12. The molecule has 1 heterocycles. The van der Waals surface area contributed by atoms with E-state index in [1.165, 1.54) is 12.1 Å². The van der Waals surface area contributed by atoms with E-state index in [4.69, 9.17) is 5.26 Å². The van der Waals surface area contributed by atoms with Crippen LogP contribution < -0.4 is 5.43 Å². The highest BCUT2D eigenvalue weighted by atomic mass is 16.6. The lowest BCUT2D eigenvalue weighted by molar-refractivity contribution is -0.385. The Morgan fingerprint density at radius 1 is 1.26 bits per heavy atom. The molecule has 1 aromatic carbocycles. The van der Waals surface area contributed by atoms with Crippen LogP contribution in [-0.2, 0) is 0 Å². The largest absolute Gasteiger partial charge is 0.294 e. The maximum Gasteiger partial charge on any atom is 0.287 e. The van der Waals surface area contributed by atoms with E-state index in [1.54, 1.807) is 6.07 Å². The van der Waals surface area contributed by atoms with Gasteiger partial charge in [0.1, 0.15) is 11.6 Å². The molecule has 2 aromatic rings. The molecule has 0 aliphatic carbocycles. The van der Waals surface area contributed by atoms with Crippen molar-refractivity contribution in [2.75, 3.05) is 5.43 Å². The molecule has 0 bridgehead atoms. The minimum absolute atomic E-state index is 0.0393. The molecule has 6 heteroatoms. The van der Waals surface area contributed by atoms with E-state index >= 15 is 0 Å². The number of aromatic nitrogens is 1. The first kappa shape index (κ1) is 12.6. The predicted octanol–water partition coefficient (Wildman–Crippen LogP) is 2.76. The Morgan fingerprint density at radius 2 is 1.89 bits per heavy atom. The first-order valence-electron chi connectivity index (χ1n) is 5.63. The lowest BCUT2D eigenvalue weighted by atomic mass is 10.2. The molecule has 2 rings (SSSR count). The number of rotatable bonds is 3. The molecule has 1 aromatic heterocycles. The fourth-order valence-corrected chi connectivity index (χ4v) is 1.83. The first-order valence-corrected chi connectivity index (χ1v) is 5.63. The van der Waals surface area contributed by atoms with Gasteiger partial charge in [0.05, 0.1) is 10.6 Å². The van der Waals surface area contributed by atoms with Gasteiger partial charge in [-0.05, 0) is 38.1 Å². The van der Waals surface area contributed by atoms with E-state index in [0.29, 0.717) is 5.69 Å². The molecule has 96 valence electrons. The van der Waals surface area contributed by atoms with Crippen LogP contribution in [0.15, 0.2) is 30.3 Å². The monoisotopic (exact) mass is 256 g/mol. The zero-order chi connectivity index (χ0) is 14.0. The molecule has 19 heavy (non-hydrogen) atoms. The molecule has 0 spiro atoms. The van der Waals surface area contributed by atoms with Crippen molar-refractivity contribution in [2.45, 2.75) is 13.8 Å². The predicted molar refractivity (Wildman–Crippen MR) is 70.7 cm³/mol. The van der Waals surface area contributed by atoms with Crippen LogP contribution in [0.4, 0.5) is 11.4 Å². The number of anilines is 1. The van der Waals surface area contributed by atoms with Crippen LogP contribution in [0.1, 0.15) is 17.0 Å². The second kappa shape index (κ2) is 4.82. The average Bonchev–Trinajstić information content (AvgIpc) is 2.70. The Bertz CT molecular complexity index is 663. The zero-order valence-electron chi connectivity index (χ0n) is 10.5. The lowest BCUT2D eigenvalue weighted by Crippen LogP contribution is -2.12. The fraction of sp³-hybridized carbons (Fsp3) is 0.154. The second-order valence-corrected chi connectivity index (χ2v) is 4.16. The SMILES string of the molecule is Cc1ccc(C)n1Nc1ccc([N+](=O)[O-])c(C#N)c1. The third kappa shape index (κ3) is 2.40. The normalized spacial score (nSPS) is 9.95. The third-order valence-electron chi connectivity index (χ3n) is 2.83. The number of nitro groups is 1. The van der Waals surface area contributed by atoms with Crippen molar-refractivity contribution >= 4 is 11.4 Å². The van der Waals surface area contributed by atoms with E-state index in [1.807, 2.05) is 36.7 Å². The average molecular weight is 256 g/mol. The molecule has 0 saturated heterocycles. The molecule has 0 amide bonds. The molecule has 1 N–H and O–H groups in total. The highest BCUT2D eigenvalue weighted by molar-refractivity contribution is 5.58. The summed E-state index contributed by atoms with van der Waals surface area (Å²) in [5, 5.41) is 19.7. The summed E-state index contributed by atoms with van der Waals surface area (Å²) in [7, 11) is 0. The van der Waals surface area contributed by atoms with Gasteiger partial charge in [-0.3, -0.25) is 20.2 Å². The Morgan fingerprint density at radius 3 is 2.42 bits per heavy atom. The summed E-state index contributed by atoms with van der Waals surface area (Å²) in [6, 6.07) is 10.1. The first-order chi connectivity index (χ1) is 9.02. The van der Waals surface area contributed by atoms with Crippen molar-refractivity contribution in [3.8, 4) is 6.07 Å². The van der Waals surface area contributed by atoms with Crippen molar-refractivity contribution in [2.24, 2.45) is 0 Å². The van der Waals surface area contributed by atoms with E-state index in [2.05, 4.69) is 5.43 Å². The number of benzene rings is 1. The molecule has 0 atom stereocenters. The molecular formula is C13H12N4O2. The smallest absolute Gasteiger partial charge is 0.287 e. The van der Waals surface area contributed by atoms with Gasteiger partial charge < -0.3 is 0 Å². The van der Waals surface area contributed by atoms with Gasteiger partial charge in [0.25, 0.3) is 5.69 Å². The van der Waals surface area contributed by atoms with Gasteiger partial charge in [0.15, 0.2) is 0 Å². The van der Waals surface area contributed by atoms with E-state index in [0.717, 1.165) is 11.4 Å². The number of hydrogen-bond donors (Lipinski definition) is 1. The van der Waals surface area contributed by atoms with E-state index in [-0.39, 0.29) is 11.3 Å². The zero-order valence-corrected chi connectivity index (χ0v) is 10.5. The van der Waals surface area contributed by atoms with Gasteiger partial charge in [0.2, 0.25) is 0 Å². The van der Waals surface area contributed by atoms with Gasteiger partial charge in [-0.2, -0.15) is 5.26 Å². The molecular weight excluding hydrogens is 244 g/mol. The van der Waals surface area contributed by atoms with Gasteiger partial charge in [0, 0.05) is 17.5 Å². The minimum Gasteiger partial charge on any atom is -0.294 e. The number of nitriles is 1. The van der Waals surface area contributed by atoms with Crippen LogP contribution in [0, 0.1) is 35.3 Å². The summed E-state index contributed by atoms with van der Waals surface area (Å²) < 4.78 is 1.85. The summed E-state index contributed by atoms with van der Waals surface area (Å²) in [6.07, 6.45) is 0. The van der Waals surface area contributed by atoms with Crippen molar-refractivity contribution in [3.05, 3.63) is 57.4 Å². The molecule has 0 aliphatic rings. The van der Waals surface area contributed by atoms with Crippen molar-refractivity contribution < 1.29 is 4.92 Å². The van der Waals surface area contributed by atoms with Crippen LogP contribution in [0.25, 0.3) is 0 Å². The van der Waals surface area contributed by atoms with Gasteiger partial charge in [-0.15, -0.1) is 0 Å². The second-order valence-electron chi connectivity index (χ2n) is 4.16. The molecule has 6 nitrogen and oxygen atoms in total. The molecule has 0 saturated carbocycles. The number of aryl methyl sites for hydroxylation is 2. The van der Waals surface area contributed by atoms with Crippen LogP contribution in [0.2, 0.25) is 0 Å². The maximum atomic E-state index is 10.7. The fourth-order valence-electron chi connectivity index (χ4n) is 1.83. The van der Waals surface area contributed by atoms with Crippen LogP contribution in [0.3, 0.4) is 0 Å². The molecule has 0 radical (unpaired) electrons. The molecule has 0 fully saturated rings. The number of hydrogen-bond acceptors (Lipinski definition) is 4. The van der Waals surface area contributed by atoms with E-state index < -0.39 is 4.92 Å². The summed E-state index contributed by atoms with van der Waals surface area (Å²) >= 11 is 0. The molecule has 0 aliphatic heterocycles. The quantitative estimate of drug-likeness (QED) is 0.676. The van der Waals surface area contributed by atoms with Crippen molar-refractivity contribution in [3.63, 3.8) is 0 Å². The Hall–Kier alpha value is -2.81. The van der Waals surface area contributed by atoms with Crippen LogP contribution >= 0.6 is 0 Å². The number of nitrogens with zero attached hydrogens (tertiary/aromatic N) is 3. The summed E-state index contributed by atoms with van der Waals surface area (Å²) in [5.41, 5.74) is 5.60. The molecule has 0 unspecified atom stereocenters. The summed E-state index contributed by atoms with van der Waals surface area (Å²) in [5.74, 6) is 0. The van der Waals surface area contributed by atoms with Gasteiger partial charge >= 0.3 is 0 Å². The number of nitro benzene ring substituents is 1. The Labute approximate surface area is 110 Å². The summed E-state index contributed by atoms with van der Waals surface area (Å²) in [6.45, 7) is 3.88. The minimum atomic E-state index is -0.561. The van der Waals surface area contributed by atoms with Crippen LogP contribution in [-0.4, -0.2) is 9.60 Å². The maximum absolute atomic E-state index is 10.7. The highest BCUT2D eigenvalue weighted by Crippen LogP contribution is 2.22. The Balaban J connectivity index is 2.38. The van der Waals surface area contributed by atoms with Crippen molar-refractivity contribution in [1.82, 2.24) is 4.68 Å². The third-order valence-corrected chi connectivity index (χ3v) is 2.83. The Kier molecular flexibility index (Phi) is 3.21. The van der Waals surface area contributed by atoms with Crippen molar-refractivity contribution in [1.29, 1.82) is 5.26 Å². The summed E-state index contributed by atoms with van der Waals surface area (Å²) in [4.78, 5) is 10.2. The van der Waals surface area contributed by atoms with Gasteiger partial charge in [-0.25, -0.2) is 0 Å². The van der Waals surface area contributed by atoms with Gasteiger partial charge in [-0.1, -0.05) is 0 Å². The van der Waals surface area contributed by atoms with E-state index in [9.17, 15) is 10.1 Å². The standard InChI is InChI=1S/C13H12N4O2/c1-9-3-4-10(2)16(9)15-12-5-6-13(17(18)19)11(7-12)8-14/h3-7,15H,1-2H3. The number of nitrogens with one attached hydrogen (secondary N) is 1. The van der Waals surface area contributed by atoms with Crippen LogP contribution in [0.5, 0.6) is 0 Å².